The zero-order valence-electron chi connectivity index (χ0n) is 15.4. The molecule has 0 aliphatic carbocycles. The molecule has 0 unspecified atom stereocenters. The van der Waals surface area contributed by atoms with Crippen LogP contribution in [0, 0.1) is 0 Å². The largest absolute Gasteiger partial charge is 0.477 e. The summed E-state index contributed by atoms with van der Waals surface area (Å²) in [6.07, 6.45) is 0. The first-order valence-corrected chi connectivity index (χ1v) is 9.09. The number of aromatic nitrogens is 1. The van der Waals surface area contributed by atoms with E-state index >= 15 is 0 Å². The van der Waals surface area contributed by atoms with Gasteiger partial charge in [0, 0.05) is 11.1 Å². The first-order valence-electron chi connectivity index (χ1n) is 9.09. The average molecular weight is 355 g/mol. The maximum absolute atomic E-state index is 11.8. The first-order chi connectivity index (χ1) is 13.0. The molecule has 0 spiro atoms. The molecule has 1 heterocycles. The number of aromatic carboxylic acids is 1. The highest BCUT2D eigenvalue weighted by Gasteiger charge is 2.16. The van der Waals surface area contributed by atoms with E-state index in [1.54, 1.807) is 10.6 Å². The molecule has 3 nitrogen and oxygen atoms in total. The lowest BCUT2D eigenvalue weighted by molar-refractivity contribution is 0.0688. The fourth-order valence-corrected chi connectivity index (χ4v) is 3.47. The Morgan fingerprint density at radius 2 is 1.52 bits per heavy atom. The third kappa shape index (κ3) is 3.13. The normalized spacial score (nSPS) is 11.2. The fourth-order valence-electron chi connectivity index (χ4n) is 3.47. The third-order valence-electron chi connectivity index (χ3n) is 4.95. The van der Waals surface area contributed by atoms with Gasteiger partial charge in [-0.2, -0.15) is 0 Å². The van der Waals surface area contributed by atoms with Gasteiger partial charge in [0.15, 0.2) is 0 Å². The first kappa shape index (κ1) is 17.1. The second kappa shape index (κ2) is 6.76. The van der Waals surface area contributed by atoms with Gasteiger partial charge in [0.1, 0.15) is 5.69 Å². The summed E-state index contributed by atoms with van der Waals surface area (Å²) in [5, 5.41) is 10.6. The van der Waals surface area contributed by atoms with Crippen LogP contribution < -0.4 is 0 Å². The molecule has 3 heteroatoms. The van der Waals surface area contributed by atoms with Gasteiger partial charge >= 0.3 is 5.97 Å². The van der Waals surface area contributed by atoms with Gasteiger partial charge in [0.2, 0.25) is 0 Å². The number of carboxylic acid groups (broad SMARTS) is 1. The second-order valence-corrected chi connectivity index (χ2v) is 7.06. The Balaban J connectivity index is 1.85. The molecule has 1 N–H and O–H groups in total. The zero-order chi connectivity index (χ0) is 19.0. The Kier molecular flexibility index (Phi) is 4.28. The van der Waals surface area contributed by atoms with Crippen molar-refractivity contribution in [1.82, 2.24) is 4.57 Å². The number of benzene rings is 3. The van der Waals surface area contributed by atoms with Crippen LogP contribution in [0.1, 0.15) is 35.8 Å². The van der Waals surface area contributed by atoms with E-state index in [-0.39, 0.29) is 5.69 Å². The van der Waals surface area contributed by atoms with Crippen LogP contribution in [0.2, 0.25) is 0 Å². The van der Waals surface area contributed by atoms with Gasteiger partial charge < -0.3 is 9.67 Å². The van der Waals surface area contributed by atoms with E-state index in [0.29, 0.717) is 5.92 Å². The number of nitrogens with zero attached hydrogens (tertiary/aromatic N) is 1. The summed E-state index contributed by atoms with van der Waals surface area (Å²) in [5.74, 6) is -0.433. The quantitative estimate of drug-likeness (QED) is 0.479. The Morgan fingerprint density at radius 3 is 2.15 bits per heavy atom. The van der Waals surface area contributed by atoms with Crippen LogP contribution >= 0.6 is 0 Å². The van der Waals surface area contributed by atoms with E-state index in [9.17, 15) is 9.90 Å². The average Bonchev–Trinajstić information content (AvgIpc) is 3.08. The summed E-state index contributed by atoms with van der Waals surface area (Å²) < 4.78 is 1.79. The highest BCUT2D eigenvalue weighted by molar-refractivity contribution is 5.97. The topological polar surface area (TPSA) is 42.2 Å². The van der Waals surface area contributed by atoms with E-state index in [2.05, 4.69) is 50.2 Å². The standard InChI is InChI=1S/C24H21NO2/c1-16(2)17-8-10-18(11-9-17)19-12-13-22-20(14-19)15-23(24(26)27)25(22)21-6-4-3-5-7-21/h3-16H,1-2H3,(H,26,27). The molecule has 0 aliphatic rings. The van der Waals surface area contributed by atoms with Crippen molar-refractivity contribution in [3.63, 3.8) is 0 Å². The van der Waals surface area contributed by atoms with Crippen LogP contribution in [-0.2, 0) is 0 Å². The molecule has 1 aromatic heterocycles. The Labute approximate surface area is 158 Å². The van der Waals surface area contributed by atoms with Crippen LogP contribution in [0.25, 0.3) is 27.7 Å². The van der Waals surface area contributed by atoms with Crippen LogP contribution in [0.3, 0.4) is 0 Å². The molecule has 4 aromatic rings. The van der Waals surface area contributed by atoms with E-state index in [1.807, 2.05) is 36.4 Å². The van der Waals surface area contributed by atoms with Gasteiger partial charge in [-0.1, -0.05) is 62.4 Å². The minimum atomic E-state index is -0.933. The van der Waals surface area contributed by atoms with Crippen molar-refractivity contribution in [1.29, 1.82) is 0 Å². The number of carbonyl (C=O) groups is 1. The molecule has 0 bridgehead atoms. The number of rotatable bonds is 4. The molecule has 27 heavy (non-hydrogen) atoms. The van der Waals surface area contributed by atoms with Crippen molar-refractivity contribution in [3.8, 4) is 16.8 Å². The minimum absolute atomic E-state index is 0.267. The summed E-state index contributed by atoms with van der Waals surface area (Å²) in [5.41, 5.74) is 5.53. The highest BCUT2D eigenvalue weighted by atomic mass is 16.4. The van der Waals surface area contributed by atoms with Crippen molar-refractivity contribution in [2.24, 2.45) is 0 Å². The van der Waals surface area contributed by atoms with Crippen molar-refractivity contribution in [2.75, 3.05) is 0 Å². The SMILES string of the molecule is CC(C)c1ccc(-c2ccc3c(c2)cc(C(=O)O)n3-c2ccccc2)cc1. The molecule has 0 saturated heterocycles. The number of hydrogen-bond acceptors (Lipinski definition) is 1. The Morgan fingerprint density at radius 1 is 0.852 bits per heavy atom. The summed E-state index contributed by atoms with van der Waals surface area (Å²) in [6.45, 7) is 4.36. The monoisotopic (exact) mass is 355 g/mol. The molecule has 0 amide bonds. The highest BCUT2D eigenvalue weighted by Crippen LogP contribution is 2.30. The Hall–Kier alpha value is -3.33. The van der Waals surface area contributed by atoms with E-state index in [1.165, 1.54) is 5.56 Å². The number of carboxylic acids is 1. The van der Waals surface area contributed by atoms with Crippen LogP contribution in [0.4, 0.5) is 0 Å². The van der Waals surface area contributed by atoms with Crippen molar-refractivity contribution >= 4 is 16.9 Å². The molecule has 4 rings (SSSR count). The Bertz CT molecular complexity index is 1110. The number of fused-ring (bicyclic) bond motifs is 1. The minimum Gasteiger partial charge on any atom is -0.477 e. The second-order valence-electron chi connectivity index (χ2n) is 7.06. The maximum atomic E-state index is 11.8. The van der Waals surface area contributed by atoms with E-state index in [4.69, 9.17) is 0 Å². The molecular formula is C24H21NO2. The smallest absolute Gasteiger partial charge is 0.352 e. The lowest BCUT2D eigenvalue weighted by Gasteiger charge is -2.09. The van der Waals surface area contributed by atoms with E-state index in [0.717, 1.165) is 27.7 Å². The third-order valence-corrected chi connectivity index (χ3v) is 4.95. The van der Waals surface area contributed by atoms with Crippen LogP contribution in [-0.4, -0.2) is 15.6 Å². The van der Waals surface area contributed by atoms with Crippen LogP contribution in [0.5, 0.6) is 0 Å². The van der Waals surface area contributed by atoms with Gasteiger partial charge in [0.05, 0.1) is 5.52 Å². The number of para-hydroxylation sites is 1. The molecule has 0 atom stereocenters. The molecule has 3 aromatic carbocycles. The zero-order valence-corrected chi connectivity index (χ0v) is 15.4. The summed E-state index contributed by atoms with van der Waals surface area (Å²) in [6, 6.07) is 26.0. The van der Waals surface area contributed by atoms with Gasteiger partial charge in [-0.25, -0.2) is 4.79 Å². The van der Waals surface area contributed by atoms with Gasteiger partial charge in [0.25, 0.3) is 0 Å². The number of hydrogen-bond donors (Lipinski definition) is 1. The molecule has 134 valence electrons. The lowest BCUT2D eigenvalue weighted by Crippen LogP contribution is -2.06. The summed E-state index contributed by atoms with van der Waals surface area (Å²) >= 11 is 0. The molecule has 0 aliphatic heterocycles. The fraction of sp³-hybridized carbons (Fsp3) is 0.125. The molecular weight excluding hydrogens is 334 g/mol. The molecule has 0 radical (unpaired) electrons. The van der Waals surface area contributed by atoms with Gasteiger partial charge in [-0.05, 0) is 52.9 Å². The predicted octanol–water partition coefficient (Wildman–Crippen LogP) is 6.12. The molecule has 0 fully saturated rings. The summed E-state index contributed by atoms with van der Waals surface area (Å²) in [7, 11) is 0. The van der Waals surface area contributed by atoms with E-state index < -0.39 is 5.97 Å². The predicted molar refractivity (Wildman–Crippen MR) is 110 cm³/mol. The molecule has 0 saturated carbocycles. The summed E-state index contributed by atoms with van der Waals surface area (Å²) in [4.78, 5) is 11.8. The lowest BCUT2D eigenvalue weighted by atomic mass is 9.98. The van der Waals surface area contributed by atoms with Gasteiger partial charge in [-0.15, -0.1) is 0 Å². The van der Waals surface area contributed by atoms with Crippen molar-refractivity contribution in [2.45, 2.75) is 19.8 Å². The van der Waals surface area contributed by atoms with Gasteiger partial charge in [-0.3, -0.25) is 0 Å². The van der Waals surface area contributed by atoms with Crippen LogP contribution in [0.15, 0.2) is 78.9 Å². The maximum Gasteiger partial charge on any atom is 0.352 e. The van der Waals surface area contributed by atoms with Crippen molar-refractivity contribution < 1.29 is 9.90 Å². The van der Waals surface area contributed by atoms with Crippen molar-refractivity contribution in [3.05, 3.63) is 90.1 Å².